The van der Waals surface area contributed by atoms with Crippen LogP contribution < -0.4 is 5.32 Å². The van der Waals surface area contributed by atoms with E-state index in [9.17, 15) is 4.39 Å². The number of benzene rings is 1. The van der Waals surface area contributed by atoms with Gasteiger partial charge in [-0.2, -0.15) is 0 Å². The molecule has 0 fully saturated rings. The summed E-state index contributed by atoms with van der Waals surface area (Å²) in [5.74, 6) is -0.362. The summed E-state index contributed by atoms with van der Waals surface area (Å²) in [6.45, 7) is 2.87. The SMILES string of the molecule is CCCNC(c1cncc(F)c1)c1cc(Cl)cc(Cl)c1. The topological polar surface area (TPSA) is 24.9 Å². The van der Waals surface area contributed by atoms with Crippen molar-refractivity contribution in [1.82, 2.24) is 10.3 Å². The second kappa shape index (κ2) is 7.02. The molecule has 5 heteroatoms. The molecule has 1 atom stereocenters. The normalized spacial score (nSPS) is 12.4. The monoisotopic (exact) mass is 312 g/mol. The van der Waals surface area contributed by atoms with Gasteiger partial charge in [-0.25, -0.2) is 4.39 Å². The predicted molar refractivity (Wildman–Crippen MR) is 80.8 cm³/mol. The Hall–Kier alpha value is -1.16. The van der Waals surface area contributed by atoms with Crippen molar-refractivity contribution in [1.29, 1.82) is 0 Å². The van der Waals surface area contributed by atoms with Crippen LogP contribution in [-0.4, -0.2) is 11.5 Å². The molecule has 0 aliphatic heterocycles. The first-order valence-electron chi connectivity index (χ1n) is 6.40. The molecule has 0 amide bonds. The maximum atomic E-state index is 13.4. The number of rotatable bonds is 5. The van der Waals surface area contributed by atoms with Crippen LogP contribution in [0.5, 0.6) is 0 Å². The quantitative estimate of drug-likeness (QED) is 0.871. The van der Waals surface area contributed by atoms with Gasteiger partial charge in [-0.05, 0) is 48.4 Å². The average molecular weight is 313 g/mol. The summed E-state index contributed by atoms with van der Waals surface area (Å²) in [5.41, 5.74) is 1.64. The molecule has 1 aromatic heterocycles. The minimum Gasteiger partial charge on any atom is -0.306 e. The Morgan fingerprint density at radius 1 is 1.10 bits per heavy atom. The van der Waals surface area contributed by atoms with E-state index < -0.39 is 0 Å². The van der Waals surface area contributed by atoms with E-state index in [0.717, 1.165) is 24.1 Å². The van der Waals surface area contributed by atoms with E-state index in [4.69, 9.17) is 23.2 Å². The molecule has 106 valence electrons. The Morgan fingerprint density at radius 2 is 1.80 bits per heavy atom. The lowest BCUT2D eigenvalue weighted by Crippen LogP contribution is -2.23. The lowest BCUT2D eigenvalue weighted by atomic mass is 10.00. The number of hydrogen-bond donors (Lipinski definition) is 1. The van der Waals surface area contributed by atoms with Crippen molar-refractivity contribution in [2.45, 2.75) is 19.4 Å². The van der Waals surface area contributed by atoms with Gasteiger partial charge >= 0.3 is 0 Å². The summed E-state index contributed by atoms with van der Waals surface area (Å²) < 4.78 is 13.4. The molecule has 20 heavy (non-hydrogen) atoms. The molecule has 1 N–H and O–H groups in total. The van der Waals surface area contributed by atoms with Gasteiger partial charge in [0.05, 0.1) is 12.2 Å². The highest BCUT2D eigenvalue weighted by atomic mass is 35.5. The van der Waals surface area contributed by atoms with Gasteiger partial charge in [0, 0.05) is 16.2 Å². The first kappa shape index (κ1) is 15.2. The fourth-order valence-electron chi connectivity index (χ4n) is 2.04. The van der Waals surface area contributed by atoms with E-state index in [1.54, 1.807) is 12.3 Å². The first-order chi connectivity index (χ1) is 9.60. The molecule has 0 radical (unpaired) electrons. The van der Waals surface area contributed by atoms with Crippen LogP contribution >= 0.6 is 23.2 Å². The van der Waals surface area contributed by atoms with Crippen LogP contribution in [0, 0.1) is 5.82 Å². The maximum Gasteiger partial charge on any atom is 0.141 e. The van der Waals surface area contributed by atoms with E-state index in [1.807, 2.05) is 12.1 Å². The summed E-state index contributed by atoms with van der Waals surface area (Å²) in [7, 11) is 0. The maximum absolute atomic E-state index is 13.4. The molecule has 0 spiro atoms. The zero-order chi connectivity index (χ0) is 14.5. The molecular weight excluding hydrogens is 298 g/mol. The van der Waals surface area contributed by atoms with Crippen molar-refractivity contribution >= 4 is 23.2 Å². The second-order valence-corrected chi connectivity index (χ2v) is 5.40. The molecule has 1 aromatic carbocycles. The molecule has 0 saturated heterocycles. The van der Waals surface area contributed by atoms with Crippen LogP contribution in [0.25, 0.3) is 0 Å². The first-order valence-corrected chi connectivity index (χ1v) is 7.15. The van der Waals surface area contributed by atoms with Crippen molar-refractivity contribution in [2.24, 2.45) is 0 Å². The number of aromatic nitrogens is 1. The van der Waals surface area contributed by atoms with Crippen LogP contribution in [-0.2, 0) is 0 Å². The van der Waals surface area contributed by atoms with E-state index in [1.165, 1.54) is 12.3 Å². The Morgan fingerprint density at radius 3 is 2.40 bits per heavy atom. The summed E-state index contributed by atoms with van der Waals surface area (Å²) >= 11 is 12.1. The Bertz CT molecular complexity index is 570. The van der Waals surface area contributed by atoms with Gasteiger partial charge in [0.15, 0.2) is 0 Å². The molecule has 2 rings (SSSR count). The van der Waals surface area contributed by atoms with Gasteiger partial charge in [0.2, 0.25) is 0 Å². The van der Waals surface area contributed by atoms with Gasteiger partial charge in [0.1, 0.15) is 5.82 Å². The van der Waals surface area contributed by atoms with Crippen LogP contribution in [0.3, 0.4) is 0 Å². The smallest absolute Gasteiger partial charge is 0.141 e. The summed E-state index contributed by atoms with van der Waals surface area (Å²) in [6.07, 6.45) is 3.80. The van der Waals surface area contributed by atoms with E-state index in [2.05, 4.69) is 17.2 Å². The summed E-state index contributed by atoms with van der Waals surface area (Å²) in [5, 5.41) is 4.47. The fraction of sp³-hybridized carbons (Fsp3) is 0.267. The van der Waals surface area contributed by atoms with E-state index in [0.29, 0.717) is 10.0 Å². The van der Waals surface area contributed by atoms with Crippen molar-refractivity contribution in [3.05, 3.63) is 63.6 Å². The third-order valence-corrected chi connectivity index (χ3v) is 3.31. The minimum atomic E-state index is -0.362. The lowest BCUT2D eigenvalue weighted by molar-refractivity contribution is 0.580. The largest absolute Gasteiger partial charge is 0.306 e. The Labute approximate surface area is 127 Å². The molecule has 2 nitrogen and oxygen atoms in total. The molecular formula is C15H15Cl2FN2. The number of hydrogen-bond acceptors (Lipinski definition) is 2. The van der Waals surface area contributed by atoms with Gasteiger partial charge in [-0.3, -0.25) is 4.98 Å². The predicted octanol–water partition coefficient (Wildman–Crippen LogP) is 4.62. The van der Waals surface area contributed by atoms with Gasteiger partial charge < -0.3 is 5.32 Å². The lowest BCUT2D eigenvalue weighted by Gasteiger charge is -2.20. The van der Waals surface area contributed by atoms with Gasteiger partial charge in [-0.15, -0.1) is 0 Å². The van der Waals surface area contributed by atoms with Crippen molar-refractivity contribution in [2.75, 3.05) is 6.54 Å². The van der Waals surface area contributed by atoms with Crippen LogP contribution in [0.4, 0.5) is 4.39 Å². The fourth-order valence-corrected chi connectivity index (χ4v) is 2.59. The third kappa shape index (κ3) is 3.92. The van der Waals surface area contributed by atoms with Gasteiger partial charge in [0.25, 0.3) is 0 Å². The van der Waals surface area contributed by atoms with Crippen molar-refractivity contribution in [3.8, 4) is 0 Å². The zero-order valence-corrected chi connectivity index (χ0v) is 12.5. The molecule has 0 saturated carbocycles. The highest BCUT2D eigenvalue weighted by Gasteiger charge is 2.15. The Kier molecular flexibility index (Phi) is 5.35. The van der Waals surface area contributed by atoms with Crippen LogP contribution in [0.1, 0.15) is 30.5 Å². The molecule has 0 aliphatic carbocycles. The molecule has 0 aliphatic rings. The molecule has 0 bridgehead atoms. The molecule has 1 heterocycles. The number of pyridine rings is 1. The summed E-state index contributed by atoms with van der Waals surface area (Å²) in [4.78, 5) is 3.90. The highest BCUT2D eigenvalue weighted by Crippen LogP contribution is 2.27. The van der Waals surface area contributed by atoms with Crippen LogP contribution in [0.15, 0.2) is 36.7 Å². The molecule has 1 unspecified atom stereocenters. The second-order valence-electron chi connectivity index (χ2n) is 4.53. The number of nitrogens with one attached hydrogen (secondary N) is 1. The minimum absolute atomic E-state index is 0.186. The standard InChI is InChI=1S/C15H15Cl2FN2/c1-2-3-20-15(11-6-14(18)9-19-8-11)10-4-12(16)7-13(17)5-10/h4-9,15,20H,2-3H2,1H3. The molecule has 2 aromatic rings. The summed E-state index contributed by atoms with van der Waals surface area (Å²) in [6, 6.07) is 6.61. The number of halogens is 3. The Balaban J connectivity index is 2.41. The van der Waals surface area contributed by atoms with E-state index in [-0.39, 0.29) is 11.9 Å². The number of nitrogens with zero attached hydrogens (tertiary/aromatic N) is 1. The van der Waals surface area contributed by atoms with Crippen molar-refractivity contribution < 1.29 is 4.39 Å². The third-order valence-electron chi connectivity index (χ3n) is 2.88. The average Bonchev–Trinajstić information content (AvgIpc) is 2.38. The van der Waals surface area contributed by atoms with Crippen LogP contribution in [0.2, 0.25) is 10.0 Å². The highest BCUT2D eigenvalue weighted by molar-refractivity contribution is 6.34. The van der Waals surface area contributed by atoms with E-state index >= 15 is 0 Å². The van der Waals surface area contributed by atoms with Crippen molar-refractivity contribution in [3.63, 3.8) is 0 Å². The zero-order valence-electron chi connectivity index (χ0n) is 11.0. The van der Waals surface area contributed by atoms with Gasteiger partial charge in [-0.1, -0.05) is 30.1 Å².